The predicted molar refractivity (Wildman–Crippen MR) is 72.5 cm³/mol. The Bertz CT molecular complexity index is 314. The van der Waals surface area contributed by atoms with E-state index in [4.69, 9.17) is 5.11 Å². The third-order valence-corrected chi connectivity index (χ3v) is 4.81. The lowest BCUT2D eigenvalue weighted by Gasteiger charge is -2.31. The standard InChI is InChI=1S/C15H27NO2/c1-10-8-15(2,3)9-13(10)16-12-6-4-5-11(7-12)14(17)18/h10-13,16H,4-9H2,1-3H3,(H,17,18). The maximum Gasteiger partial charge on any atom is 0.306 e. The summed E-state index contributed by atoms with van der Waals surface area (Å²) in [6, 6.07) is 0.999. The number of hydrogen-bond donors (Lipinski definition) is 2. The lowest BCUT2D eigenvalue weighted by atomic mass is 9.85. The van der Waals surface area contributed by atoms with Crippen molar-refractivity contribution < 1.29 is 9.90 Å². The van der Waals surface area contributed by atoms with E-state index in [1.54, 1.807) is 0 Å². The van der Waals surface area contributed by atoms with E-state index in [0.29, 0.717) is 23.4 Å². The molecule has 104 valence electrons. The van der Waals surface area contributed by atoms with Crippen molar-refractivity contribution in [3.05, 3.63) is 0 Å². The smallest absolute Gasteiger partial charge is 0.306 e. The lowest BCUT2D eigenvalue weighted by Crippen LogP contribution is -2.43. The van der Waals surface area contributed by atoms with Crippen LogP contribution in [-0.2, 0) is 4.79 Å². The van der Waals surface area contributed by atoms with Crippen LogP contribution in [0.25, 0.3) is 0 Å². The Labute approximate surface area is 110 Å². The van der Waals surface area contributed by atoms with Crippen LogP contribution in [0.5, 0.6) is 0 Å². The van der Waals surface area contributed by atoms with Crippen molar-refractivity contribution in [2.24, 2.45) is 17.3 Å². The summed E-state index contributed by atoms with van der Waals surface area (Å²) in [6.07, 6.45) is 6.38. The highest BCUT2D eigenvalue weighted by atomic mass is 16.4. The summed E-state index contributed by atoms with van der Waals surface area (Å²) in [5.74, 6) is -0.0209. The van der Waals surface area contributed by atoms with E-state index in [1.165, 1.54) is 12.8 Å². The molecule has 0 spiro atoms. The SMILES string of the molecule is CC1CC(C)(C)CC1NC1CCCC(C(=O)O)C1. The van der Waals surface area contributed by atoms with Gasteiger partial charge in [-0.1, -0.05) is 27.2 Å². The molecular formula is C15H27NO2. The molecule has 0 saturated heterocycles. The second kappa shape index (κ2) is 5.20. The van der Waals surface area contributed by atoms with Crippen molar-refractivity contribution >= 4 is 5.97 Å². The van der Waals surface area contributed by atoms with Crippen molar-refractivity contribution in [3.8, 4) is 0 Å². The molecule has 2 rings (SSSR count). The molecule has 2 N–H and O–H groups in total. The van der Waals surface area contributed by atoms with Gasteiger partial charge in [-0.25, -0.2) is 0 Å². The van der Waals surface area contributed by atoms with Gasteiger partial charge in [0.05, 0.1) is 5.92 Å². The van der Waals surface area contributed by atoms with Gasteiger partial charge in [-0.15, -0.1) is 0 Å². The van der Waals surface area contributed by atoms with Crippen molar-refractivity contribution in [2.45, 2.75) is 71.4 Å². The van der Waals surface area contributed by atoms with Crippen LogP contribution in [0, 0.1) is 17.3 Å². The second-order valence-electron chi connectivity index (χ2n) is 7.22. The maximum absolute atomic E-state index is 11.1. The molecule has 18 heavy (non-hydrogen) atoms. The summed E-state index contributed by atoms with van der Waals surface area (Å²) < 4.78 is 0. The Morgan fingerprint density at radius 3 is 2.56 bits per heavy atom. The molecule has 0 radical (unpaired) electrons. The van der Waals surface area contributed by atoms with E-state index in [-0.39, 0.29) is 5.92 Å². The van der Waals surface area contributed by atoms with Crippen molar-refractivity contribution in [1.29, 1.82) is 0 Å². The van der Waals surface area contributed by atoms with Crippen molar-refractivity contribution in [2.75, 3.05) is 0 Å². The Kier molecular flexibility index (Phi) is 4.00. The number of carbonyl (C=O) groups is 1. The molecule has 4 atom stereocenters. The number of hydrogen-bond acceptors (Lipinski definition) is 2. The molecule has 4 unspecified atom stereocenters. The van der Waals surface area contributed by atoms with E-state index in [1.807, 2.05) is 0 Å². The van der Waals surface area contributed by atoms with Gasteiger partial charge in [0.2, 0.25) is 0 Å². The number of rotatable bonds is 3. The molecule has 3 heteroatoms. The van der Waals surface area contributed by atoms with Crippen LogP contribution in [0.15, 0.2) is 0 Å². The van der Waals surface area contributed by atoms with Crippen LogP contribution < -0.4 is 5.32 Å². The number of aliphatic carboxylic acids is 1. The molecule has 0 aromatic rings. The monoisotopic (exact) mass is 253 g/mol. The van der Waals surface area contributed by atoms with Crippen LogP contribution in [-0.4, -0.2) is 23.2 Å². The Hall–Kier alpha value is -0.570. The highest BCUT2D eigenvalue weighted by Gasteiger charge is 2.38. The lowest BCUT2D eigenvalue weighted by molar-refractivity contribution is -0.143. The normalized spacial score (nSPS) is 39.7. The minimum absolute atomic E-state index is 0.124. The first kappa shape index (κ1) is 13.9. The zero-order valence-electron chi connectivity index (χ0n) is 11.9. The van der Waals surface area contributed by atoms with Crippen molar-refractivity contribution in [1.82, 2.24) is 5.32 Å². The maximum atomic E-state index is 11.1. The van der Waals surface area contributed by atoms with Gasteiger partial charge < -0.3 is 10.4 Å². The number of carboxylic acids is 1. The van der Waals surface area contributed by atoms with Gasteiger partial charge in [-0.2, -0.15) is 0 Å². The molecule has 0 aliphatic heterocycles. The third-order valence-electron chi connectivity index (χ3n) is 4.81. The van der Waals surface area contributed by atoms with Crippen LogP contribution in [0.4, 0.5) is 0 Å². The minimum Gasteiger partial charge on any atom is -0.481 e. The third kappa shape index (κ3) is 3.25. The van der Waals surface area contributed by atoms with Gasteiger partial charge in [-0.3, -0.25) is 4.79 Å². The number of nitrogens with one attached hydrogen (secondary N) is 1. The molecule has 2 aliphatic rings. The Balaban J connectivity index is 1.88. The molecule has 2 saturated carbocycles. The molecular weight excluding hydrogens is 226 g/mol. The van der Waals surface area contributed by atoms with Gasteiger partial charge >= 0.3 is 5.97 Å². The fraction of sp³-hybridized carbons (Fsp3) is 0.933. The zero-order valence-corrected chi connectivity index (χ0v) is 11.9. The van der Waals surface area contributed by atoms with Crippen LogP contribution in [0.2, 0.25) is 0 Å². The first-order valence-corrected chi connectivity index (χ1v) is 7.36. The molecule has 0 aromatic carbocycles. The fourth-order valence-electron chi connectivity index (χ4n) is 3.99. The molecule has 2 aliphatic carbocycles. The average Bonchev–Trinajstić information content (AvgIpc) is 2.52. The summed E-state index contributed by atoms with van der Waals surface area (Å²) >= 11 is 0. The van der Waals surface area contributed by atoms with Gasteiger partial charge in [0.1, 0.15) is 0 Å². The second-order valence-corrected chi connectivity index (χ2v) is 7.22. The zero-order chi connectivity index (χ0) is 13.3. The van der Waals surface area contributed by atoms with Crippen LogP contribution >= 0.6 is 0 Å². The number of carboxylic acid groups (broad SMARTS) is 1. The molecule has 0 heterocycles. The minimum atomic E-state index is -0.610. The first-order valence-electron chi connectivity index (χ1n) is 7.36. The Morgan fingerprint density at radius 1 is 1.28 bits per heavy atom. The largest absolute Gasteiger partial charge is 0.481 e. The van der Waals surface area contributed by atoms with E-state index >= 15 is 0 Å². The molecule has 0 amide bonds. The van der Waals surface area contributed by atoms with E-state index < -0.39 is 5.97 Å². The van der Waals surface area contributed by atoms with Crippen LogP contribution in [0.3, 0.4) is 0 Å². The summed E-state index contributed by atoms with van der Waals surface area (Å²) in [7, 11) is 0. The molecule has 0 aromatic heterocycles. The molecule has 3 nitrogen and oxygen atoms in total. The molecule has 0 bridgehead atoms. The average molecular weight is 253 g/mol. The summed E-state index contributed by atoms with van der Waals surface area (Å²) in [5, 5.41) is 12.9. The fourth-order valence-corrected chi connectivity index (χ4v) is 3.99. The molecule has 2 fully saturated rings. The van der Waals surface area contributed by atoms with Gasteiger partial charge in [0, 0.05) is 12.1 Å². The van der Waals surface area contributed by atoms with E-state index in [0.717, 1.165) is 25.7 Å². The summed E-state index contributed by atoms with van der Waals surface area (Å²) in [4.78, 5) is 11.1. The van der Waals surface area contributed by atoms with E-state index in [2.05, 4.69) is 26.1 Å². The Morgan fingerprint density at radius 2 is 2.00 bits per heavy atom. The topological polar surface area (TPSA) is 49.3 Å². The highest BCUT2D eigenvalue weighted by Crippen LogP contribution is 2.41. The predicted octanol–water partition coefficient (Wildman–Crippen LogP) is 3.04. The van der Waals surface area contributed by atoms with Crippen LogP contribution in [0.1, 0.15) is 59.3 Å². The summed E-state index contributed by atoms with van der Waals surface area (Å²) in [6.45, 7) is 7.00. The van der Waals surface area contributed by atoms with Gasteiger partial charge in [0.15, 0.2) is 0 Å². The first-order chi connectivity index (χ1) is 8.37. The van der Waals surface area contributed by atoms with Gasteiger partial charge in [-0.05, 0) is 43.4 Å². The van der Waals surface area contributed by atoms with Gasteiger partial charge in [0.25, 0.3) is 0 Å². The quantitative estimate of drug-likeness (QED) is 0.812. The van der Waals surface area contributed by atoms with Crippen molar-refractivity contribution in [3.63, 3.8) is 0 Å². The van der Waals surface area contributed by atoms with E-state index in [9.17, 15) is 4.79 Å². The summed E-state index contributed by atoms with van der Waals surface area (Å²) in [5.41, 5.74) is 0.442. The highest BCUT2D eigenvalue weighted by molar-refractivity contribution is 5.70.